The lowest BCUT2D eigenvalue weighted by atomic mass is 9.92. The van der Waals surface area contributed by atoms with E-state index in [1.165, 1.54) is 6.42 Å². The fourth-order valence-corrected chi connectivity index (χ4v) is 1.86. The monoisotopic (exact) mass is 184 g/mol. The number of hydrogen-bond acceptors (Lipinski definition) is 1. The third-order valence-electron chi connectivity index (χ3n) is 2.70. The molecule has 1 unspecified atom stereocenters. The van der Waals surface area contributed by atoms with Crippen LogP contribution < -0.4 is 5.32 Å². The Bertz CT molecular complexity index is 199. The van der Waals surface area contributed by atoms with Crippen LogP contribution in [-0.4, -0.2) is 31.1 Å². The highest BCUT2D eigenvalue weighted by atomic mass is 16.2. The van der Waals surface area contributed by atoms with Crippen LogP contribution in [0.25, 0.3) is 0 Å². The summed E-state index contributed by atoms with van der Waals surface area (Å²) in [6.07, 6.45) is 3.44. The fourth-order valence-electron chi connectivity index (χ4n) is 1.86. The molecule has 1 saturated carbocycles. The van der Waals surface area contributed by atoms with Crippen LogP contribution in [0.5, 0.6) is 0 Å². The Hall–Kier alpha value is -0.730. The molecule has 0 spiro atoms. The molecule has 76 valence electrons. The Kier molecular flexibility index (Phi) is 2.84. The van der Waals surface area contributed by atoms with Crippen molar-refractivity contribution >= 4 is 6.03 Å². The average Bonchev–Trinajstić information content (AvgIpc) is 2.30. The van der Waals surface area contributed by atoms with Gasteiger partial charge in [-0.25, -0.2) is 4.79 Å². The Balaban J connectivity index is 2.37. The van der Waals surface area contributed by atoms with E-state index in [0.29, 0.717) is 11.5 Å². The van der Waals surface area contributed by atoms with E-state index in [9.17, 15) is 4.79 Å². The largest absolute Gasteiger partial charge is 0.335 e. The van der Waals surface area contributed by atoms with Gasteiger partial charge in [0.25, 0.3) is 0 Å². The average molecular weight is 184 g/mol. The van der Waals surface area contributed by atoms with E-state index in [-0.39, 0.29) is 6.03 Å². The van der Waals surface area contributed by atoms with Crippen molar-refractivity contribution in [1.82, 2.24) is 10.2 Å². The second-order valence-corrected chi connectivity index (χ2v) is 4.95. The lowest BCUT2D eigenvalue weighted by molar-refractivity contribution is 0.212. The Morgan fingerprint density at radius 2 is 2.08 bits per heavy atom. The van der Waals surface area contributed by atoms with E-state index in [1.807, 2.05) is 0 Å². The number of nitrogens with zero attached hydrogens (tertiary/aromatic N) is 1. The van der Waals surface area contributed by atoms with Crippen LogP contribution >= 0.6 is 0 Å². The predicted molar refractivity (Wildman–Crippen MR) is 53.6 cm³/mol. The summed E-state index contributed by atoms with van der Waals surface area (Å²) < 4.78 is 0. The lowest BCUT2D eigenvalue weighted by Gasteiger charge is -2.19. The van der Waals surface area contributed by atoms with Crippen LogP contribution in [0.4, 0.5) is 4.79 Å². The van der Waals surface area contributed by atoms with Gasteiger partial charge in [-0.3, -0.25) is 0 Å². The molecule has 0 heterocycles. The van der Waals surface area contributed by atoms with E-state index in [1.54, 1.807) is 19.0 Å². The summed E-state index contributed by atoms with van der Waals surface area (Å²) in [7, 11) is 3.55. The van der Waals surface area contributed by atoms with Crippen LogP contribution in [-0.2, 0) is 0 Å². The molecule has 0 saturated heterocycles. The van der Waals surface area contributed by atoms with Crippen molar-refractivity contribution in [3.05, 3.63) is 0 Å². The summed E-state index contributed by atoms with van der Waals surface area (Å²) >= 11 is 0. The molecule has 0 aliphatic heterocycles. The van der Waals surface area contributed by atoms with Crippen molar-refractivity contribution in [3.8, 4) is 0 Å². The molecule has 3 nitrogen and oxygen atoms in total. The van der Waals surface area contributed by atoms with Crippen LogP contribution in [0.3, 0.4) is 0 Å². The van der Waals surface area contributed by atoms with Gasteiger partial charge in [0.2, 0.25) is 0 Å². The minimum absolute atomic E-state index is 0.0303. The molecule has 0 aromatic carbocycles. The molecule has 2 amide bonds. The maximum atomic E-state index is 11.3. The number of rotatable bonds is 1. The van der Waals surface area contributed by atoms with E-state index in [0.717, 1.165) is 12.8 Å². The Morgan fingerprint density at radius 1 is 1.46 bits per heavy atom. The maximum Gasteiger partial charge on any atom is 0.317 e. The van der Waals surface area contributed by atoms with Crippen LogP contribution in [0.15, 0.2) is 0 Å². The van der Waals surface area contributed by atoms with Gasteiger partial charge in [0.15, 0.2) is 0 Å². The van der Waals surface area contributed by atoms with E-state index in [2.05, 4.69) is 19.2 Å². The normalized spacial score (nSPS) is 25.7. The van der Waals surface area contributed by atoms with Gasteiger partial charge in [-0.15, -0.1) is 0 Å². The minimum atomic E-state index is 0.0303. The molecule has 0 aromatic heterocycles. The molecule has 1 aliphatic carbocycles. The summed E-state index contributed by atoms with van der Waals surface area (Å²) in [5.41, 5.74) is 0.407. The topological polar surface area (TPSA) is 32.3 Å². The van der Waals surface area contributed by atoms with E-state index < -0.39 is 0 Å². The van der Waals surface area contributed by atoms with Gasteiger partial charge in [-0.2, -0.15) is 0 Å². The van der Waals surface area contributed by atoms with Gasteiger partial charge in [-0.05, 0) is 24.7 Å². The molecular formula is C10H20N2O. The van der Waals surface area contributed by atoms with E-state index in [4.69, 9.17) is 0 Å². The molecule has 13 heavy (non-hydrogen) atoms. The van der Waals surface area contributed by atoms with Crippen LogP contribution in [0, 0.1) is 5.41 Å². The highest BCUT2D eigenvalue weighted by Gasteiger charge is 2.31. The third kappa shape index (κ3) is 2.90. The van der Waals surface area contributed by atoms with Crippen molar-refractivity contribution in [3.63, 3.8) is 0 Å². The molecule has 0 bridgehead atoms. The second kappa shape index (κ2) is 3.56. The standard InChI is InChI=1S/C10H20N2O/c1-10(2)6-5-8(7-10)11-9(13)12(3)4/h8H,5-7H2,1-4H3,(H,11,13). The zero-order valence-corrected chi connectivity index (χ0v) is 9.05. The first-order valence-corrected chi connectivity index (χ1v) is 4.88. The van der Waals surface area contributed by atoms with Gasteiger partial charge in [0.05, 0.1) is 0 Å². The molecule has 1 aliphatic rings. The molecule has 1 fully saturated rings. The van der Waals surface area contributed by atoms with Crippen molar-refractivity contribution in [2.75, 3.05) is 14.1 Å². The third-order valence-corrected chi connectivity index (χ3v) is 2.70. The molecule has 3 heteroatoms. The summed E-state index contributed by atoms with van der Waals surface area (Å²) in [5, 5.41) is 3.02. The van der Waals surface area contributed by atoms with Crippen molar-refractivity contribution < 1.29 is 4.79 Å². The number of nitrogens with one attached hydrogen (secondary N) is 1. The first-order valence-electron chi connectivity index (χ1n) is 4.88. The van der Waals surface area contributed by atoms with Crippen molar-refractivity contribution in [2.24, 2.45) is 5.41 Å². The zero-order valence-electron chi connectivity index (χ0n) is 9.05. The maximum absolute atomic E-state index is 11.3. The molecule has 1 N–H and O–H groups in total. The van der Waals surface area contributed by atoms with Gasteiger partial charge < -0.3 is 10.2 Å². The van der Waals surface area contributed by atoms with Crippen molar-refractivity contribution in [1.29, 1.82) is 0 Å². The highest BCUT2D eigenvalue weighted by molar-refractivity contribution is 5.73. The summed E-state index contributed by atoms with van der Waals surface area (Å²) in [5.74, 6) is 0. The lowest BCUT2D eigenvalue weighted by Crippen LogP contribution is -2.40. The van der Waals surface area contributed by atoms with Crippen LogP contribution in [0.2, 0.25) is 0 Å². The summed E-state index contributed by atoms with van der Waals surface area (Å²) in [6, 6.07) is 0.410. The Labute approximate surface area is 80.5 Å². The molecule has 0 aromatic rings. The SMILES string of the molecule is CN(C)C(=O)NC1CCC(C)(C)C1. The molecule has 1 rings (SSSR count). The Morgan fingerprint density at radius 3 is 2.46 bits per heavy atom. The first-order chi connectivity index (χ1) is 5.91. The van der Waals surface area contributed by atoms with Gasteiger partial charge in [0.1, 0.15) is 0 Å². The molecule has 1 atom stereocenters. The smallest absolute Gasteiger partial charge is 0.317 e. The minimum Gasteiger partial charge on any atom is -0.335 e. The number of amides is 2. The predicted octanol–water partition coefficient (Wildman–Crippen LogP) is 1.84. The van der Waals surface area contributed by atoms with Gasteiger partial charge in [0, 0.05) is 20.1 Å². The van der Waals surface area contributed by atoms with Gasteiger partial charge in [-0.1, -0.05) is 13.8 Å². The molecule has 0 radical (unpaired) electrons. The number of hydrogen-bond donors (Lipinski definition) is 1. The highest BCUT2D eigenvalue weighted by Crippen LogP contribution is 2.36. The van der Waals surface area contributed by atoms with E-state index >= 15 is 0 Å². The van der Waals surface area contributed by atoms with Crippen LogP contribution in [0.1, 0.15) is 33.1 Å². The molecular weight excluding hydrogens is 164 g/mol. The number of carbonyl (C=O) groups is 1. The fraction of sp³-hybridized carbons (Fsp3) is 0.900. The number of urea groups is 1. The number of carbonyl (C=O) groups excluding carboxylic acids is 1. The zero-order chi connectivity index (χ0) is 10.1. The second-order valence-electron chi connectivity index (χ2n) is 4.95. The first kappa shape index (κ1) is 10.4. The summed E-state index contributed by atoms with van der Waals surface area (Å²) in [6.45, 7) is 4.52. The van der Waals surface area contributed by atoms with Gasteiger partial charge >= 0.3 is 6.03 Å². The van der Waals surface area contributed by atoms with Crippen molar-refractivity contribution in [2.45, 2.75) is 39.2 Å². The summed E-state index contributed by atoms with van der Waals surface area (Å²) in [4.78, 5) is 12.9. The quantitative estimate of drug-likeness (QED) is 0.662.